The van der Waals surface area contributed by atoms with Crippen molar-refractivity contribution < 1.29 is 0 Å². The number of anilines is 1. The molecule has 0 aliphatic carbocycles. The van der Waals surface area contributed by atoms with Crippen LogP contribution in [0.1, 0.15) is 6.92 Å². The number of imidazole rings is 1. The predicted octanol–water partition coefficient (Wildman–Crippen LogP) is -0.982. The highest BCUT2D eigenvalue weighted by atomic mass is 16.2. The van der Waals surface area contributed by atoms with Crippen LogP contribution in [-0.2, 0) is 6.54 Å². The molecule has 0 saturated heterocycles. The number of fused-ring (bicyclic) bond motifs is 1. The number of nitrogens with two attached hydrogens (primary N) is 1. The van der Waals surface area contributed by atoms with Crippen LogP contribution < -0.4 is 17.0 Å². The van der Waals surface area contributed by atoms with Gasteiger partial charge in [0.2, 0.25) is 5.95 Å². The summed E-state index contributed by atoms with van der Waals surface area (Å²) >= 11 is 0. The summed E-state index contributed by atoms with van der Waals surface area (Å²) < 4.78 is 1.45. The van der Waals surface area contributed by atoms with E-state index in [2.05, 4.69) is 26.8 Å². The second-order valence-electron chi connectivity index (χ2n) is 3.09. The lowest BCUT2D eigenvalue weighted by Gasteiger charge is -1.98. The molecule has 16 heavy (non-hydrogen) atoms. The number of nitrogens with one attached hydrogen (secondary N) is 2. The van der Waals surface area contributed by atoms with Crippen molar-refractivity contribution in [3.05, 3.63) is 20.8 Å². The fourth-order valence-electron chi connectivity index (χ4n) is 1.41. The third-order valence-corrected chi connectivity index (χ3v) is 2.09. The predicted molar refractivity (Wildman–Crippen MR) is 58.8 cm³/mol. The average Bonchev–Trinajstić information content (AvgIpc) is 2.51. The molecule has 2 aromatic rings. The van der Waals surface area contributed by atoms with Gasteiger partial charge >= 0.3 is 5.69 Å². The highest BCUT2D eigenvalue weighted by Gasteiger charge is 2.11. The van der Waals surface area contributed by atoms with Gasteiger partial charge in [0, 0.05) is 0 Å². The second-order valence-corrected chi connectivity index (χ2v) is 3.09. The summed E-state index contributed by atoms with van der Waals surface area (Å²) in [6.45, 7) is 1.94. The Balaban J connectivity index is 2.82. The third kappa shape index (κ3) is 1.46. The van der Waals surface area contributed by atoms with E-state index in [1.165, 1.54) is 4.57 Å². The Labute approximate surface area is 89.3 Å². The first-order chi connectivity index (χ1) is 7.63. The summed E-state index contributed by atoms with van der Waals surface area (Å²) in [5.74, 6) is 5.61. The molecule has 2 aromatic heterocycles. The number of rotatable bonds is 1. The van der Waals surface area contributed by atoms with Crippen LogP contribution in [0.15, 0.2) is 9.59 Å². The maximum absolute atomic E-state index is 11.6. The summed E-state index contributed by atoms with van der Waals surface area (Å²) in [7, 11) is 0. The van der Waals surface area contributed by atoms with Gasteiger partial charge in [-0.2, -0.15) is 4.98 Å². The zero-order valence-corrected chi connectivity index (χ0v) is 8.50. The average molecular weight is 219 g/mol. The summed E-state index contributed by atoms with van der Waals surface area (Å²) in [6, 6.07) is 0. The van der Waals surface area contributed by atoms with E-state index < -0.39 is 11.2 Å². The molecule has 0 unspecified atom stereocenters. The first kappa shape index (κ1) is 10.0. The largest absolute Gasteiger partial charge is 0.369 e. The molecular weight excluding hydrogens is 210 g/mol. The maximum atomic E-state index is 11.6. The lowest BCUT2D eigenvalue weighted by atomic mass is 10.5. The molecular formula is C9H9N5O2. The van der Waals surface area contributed by atoms with Crippen LogP contribution in [0.4, 0.5) is 5.95 Å². The normalized spacial score (nSPS) is 10.1. The van der Waals surface area contributed by atoms with Gasteiger partial charge < -0.3 is 5.73 Å². The van der Waals surface area contributed by atoms with Gasteiger partial charge in [-0.3, -0.25) is 19.3 Å². The lowest BCUT2D eigenvalue weighted by molar-refractivity contribution is 0.876. The fourth-order valence-corrected chi connectivity index (χ4v) is 1.41. The van der Waals surface area contributed by atoms with Crippen molar-refractivity contribution in [3.8, 4) is 11.8 Å². The molecule has 0 radical (unpaired) electrons. The van der Waals surface area contributed by atoms with Crippen molar-refractivity contribution in [1.29, 1.82) is 0 Å². The number of nitrogen functional groups attached to an aromatic ring is 1. The summed E-state index contributed by atoms with van der Waals surface area (Å²) in [5, 5.41) is 0. The number of aromatic amines is 2. The maximum Gasteiger partial charge on any atom is 0.327 e. The molecule has 7 nitrogen and oxygen atoms in total. The minimum atomic E-state index is -0.608. The van der Waals surface area contributed by atoms with E-state index in [0.29, 0.717) is 0 Å². The highest BCUT2D eigenvalue weighted by Crippen LogP contribution is 2.09. The van der Waals surface area contributed by atoms with Crippen molar-refractivity contribution in [2.24, 2.45) is 0 Å². The van der Waals surface area contributed by atoms with Gasteiger partial charge in [0.15, 0.2) is 11.2 Å². The van der Waals surface area contributed by atoms with Crippen molar-refractivity contribution in [3.63, 3.8) is 0 Å². The number of nitrogens with zero attached hydrogens (tertiary/aromatic N) is 2. The van der Waals surface area contributed by atoms with E-state index in [1.54, 1.807) is 6.92 Å². The minimum Gasteiger partial charge on any atom is -0.369 e. The van der Waals surface area contributed by atoms with Gasteiger partial charge in [-0.25, -0.2) is 4.79 Å². The topological polar surface area (TPSA) is 110 Å². The van der Waals surface area contributed by atoms with Crippen LogP contribution in [0.3, 0.4) is 0 Å². The lowest BCUT2D eigenvalue weighted by Crippen LogP contribution is -2.23. The zero-order chi connectivity index (χ0) is 11.7. The summed E-state index contributed by atoms with van der Waals surface area (Å²) in [4.78, 5) is 31.0. The van der Waals surface area contributed by atoms with Crippen molar-refractivity contribution in [1.82, 2.24) is 19.5 Å². The van der Waals surface area contributed by atoms with Crippen LogP contribution in [0.2, 0.25) is 0 Å². The Hall–Kier alpha value is -2.49. The van der Waals surface area contributed by atoms with Gasteiger partial charge in [-0.1, -0.05) is 5.92 Å². The van der Waals surface area contributed by atoms with Gasteiger partial charge in [0.1, 0.15) is 0 Å². The van der Waals surface area contributed by atoms with E-state index >= 15 is 0 Å². The number of H-pyrrole nitrogens is 2. The molecule has 0 fully saturated rings. The highest BCUT2D eigenvalue weighted by molar-refractivity contribution is 5.72. The van der Waals surface area contributed by atoms with E-state index in [4.69, 9.17) is 5.73 Å². The second kappa shape index (κ2) is 3.58. The quantitative estimate of drug-likeness (QED) is 0.535. The molecule has 0 atom stereocenters. The molecule has 82 valence electrons. The smallest absolute Gasteiger partial charge is 0.327 e. The fraction of sp³-hybridized carbons (Fsp3) is 0.222. The van der Waals surface area contributed by atoms with Crippen LogP contribution in [0.25, 0.3) is 11.2 Å². The molecule has 0 spiro atoms. The molecule has 4 N–H and O–H groups in total. The number of aromatic nitrogens is 4. The molecule has 0 aliphatic heterocycles. The van der Waals surface area contributed by atoms with E-state index in [0.717, 1.165) is 0 Å². The van der Waals surface area contributed by atoms with Crippen LogP contribution in [0.5, 0.6) is 0 Å². The van der Waals surface area contributed by atoms with Crippen molar-refractivity contribution in [2.75, 3.05) is 5.73 Å². The first-order valence-electron chi connectivity index (χ1n) is 4.51. The number of hydrogen-bond donors (Lipinski definition) is 3. The molecule has 0 amide bonds. The molecule has 2 rings (SSSR count). The van der Waals surface area contributed by atoms with Gasteiger partial charge in [0.05, 0.1) is 6.54 Å². The first-order valence-corrected chi connectivity index (χ1v) is 4.51. The zero-order valence-electron chi connectivity index (χ0n) is 8.50. The van der Waals surface area contributed by atoms with Gasteiger partial charge in [-0.15, -0.1) is 5.92 Å². The Morgan fingerprint density at radius 2 is 2.19 bits per heavy atom. The molecule has 0 aromatic carbocycles. The Bertz CT molecular complexity index is 709. The van der Waals surface area contributed by atoms with Crippen molar-refractivity contribution >= 4 is 17.1 Å². The third-order valence-electron chi connectivity index (χ3n) is 2.09. The molecule has 0 saturated carbocycles. The monoisotopic (exact) mass is 219 g/mol. The summed E-state index contributed by atoms with van der Waals surface area (Å²) in [6.07, 6.45) is 0. The van der Waals surface area contributed by atoms with Gasteiger partial charge in [-0.05, 0) is 6.92 Å². The van der Waals surface area contributed by atoms with E-state index in [1.807, 2.05) is 0 Å². The Morgan fingerprint density at radius 3 is 2.88 bits per heavy atom. The Kier molecular flexibility index (Phi) is 2.25. The summed E-state index contributed by atoms with van der Waals surface area (Å²) in [5.41, 5.74) is 4.88. The van der Waals surface area contributed by atoms with E-state index in [9.17, 15) is 9.59 Å². The Morgan fingerprint density at radius 1 is 1.44 bits per heavy atom. The number of hydrogen-bond acceptors (Lipinski definition) is 4. The SMILES string of the molecule is CC#CCn1c(N)nc2[nH]c(=O)[nH]c(=O)c21. The van der Waals surface area contributed by atoms with Crippen LogP contribution in [-0.4, -0.2) is 19.5 Å². The minimum absolute atomic E-state index is 0.144. The standard InChI is InChI=1S/C9H9N5O2/c1-2-3-4-14-5-6(11-8(14)10)12-9(16)13-7(5)15/h4H2,1H3,(H4,10,11,12,13,15,16). The molecule has 7 heteroatoms. The molecule has 0 bridgehead atoms. The molecule has 2 heterocycles. The van der Waals surface area contributed by atoms with Gasteiger partial charge in [0.25, 0.3) is 5.56 Å². The van der Waals surface area contributed by atoms with Crippen LogP contribution >= 0.6 is 0 Å². The van der Waals surface area contributed by atoms with E-state index in [-0.39, 0.29) is 23.7 Å². The van der Waals surface area contributed by atoms with Crippen molar-refractivity contribution in [2.45, 2.75) is 13.5 Å². The van der Waals surface area contributed by atoms with Crippen LogP contribution in [0, 0.1) is 11.8 Å². The molecule has 0 aliphatic rings.